The molecule has 2 saturated heterocycles. The highest BCUT2D eigenvalue weighted by molar-refractivity contribution is 7.30. The minimum absolute atomic E-state index is 0.408. The Morgan fingerprint density at radius 3 is 2.67 bits per heavy atom. The van der Waals surface area contributed by atoms with E-state index < -0.39 is 16.1 Å². The molecular formula is C11H24O2Si2. The predicted octanol–water partition coefficient (Wildman–Crippen LogP) is 2.27. The topological polar surface area (TPSA) is 18.5 Å². The Balaban J connectivity index is 2.10. The van der Waals surface area contributed by atoms with Crippen LogP contribution in [-0.2, 0) is 9.16 Å². The zero-order valence-electron chi connectivity index (χ0n) is 10.5. The summed E-state index contributed by atoms with van der Waals surface area (Å²) >= 11 is 0. The van der Waals surface area contributed by atoms with E-state index >= 15 is 0 Å². The lowest BCUT2D eigenvalue weighted by molar-refractivity contribution is 0.147. The highest BCUT2D eigenvalue weighted by Gasteiger charge is 2.48. The highest BCUT2D eigenvalue weighted by atomic mass is 29.2. The van der Waals surface area contributed by atoms with Crippen molar-refractivity contribution in [2.24, 2.45) is 5.41 Å². The third-order valence-corrected chi connectivity index (χ3v) is 17.1. The molecule has 2 unspecified atom stereocenters. The van der Waals surface area contributed by atoms with Crippen molar-refractivity contribution in [3.05, 3.63) is 0 Å². The molecule has 0 aromatic rings. The van der Waals surface area contributed by atoms with E-state index in [0.29, 0.717) is 11.1 Å². The third kappa shape index (κ3) is 2.54. The van der Waals surface area contributed by atoms with E-state index in [1.165, 1.54) is 18.9 Å². The Kier molecular flexibility index (Phi) is 3.14. The van der Waals surface area contributed by atoms with E-state index in [1.807, 2.05) is 0 Å². The van der Waals surface area contributed by atoms with Crippen LogP contribution in [0.15, 0.2) is 0 Å². The van der Waals surface area contributed by atoms with Gasteiger partial charge in [-0.25, -0.2) is 0 Å². The van der Waals surface area contributed by atoms with E-state index in [0.717, 1.165) is 13.2 Å². The first-order valence-corrected chi connectivity index (χ1v) is 12.4. The van der Waals surface area contributed by atoms with E-state index in [-0.39, 0.29) is 0 Å². The van der Waals surface area contributed by atoms with Gasteiger partial charge in [0.25, 0.3) is 0 Å². The van der Waals surface area contributed by atoms with Crippen LogP contribution in [0.4, 0.5) is 0 Å². The van der Waals surface area contributed by atoms with Gasteiger partial charge in [-0.2, -0.15) is 0 Å². The standard InChI is InChI=1S/C11H24O2Si2/c1-11(2)8-13-15(3,4)14(9-11)10-6-5-7-12-10/h10,14H,5-9H2,1-4H3. The zero-order valence-corrected chi connectivity index (χ0v) is 12.7. The third-order valence-electron chi connectivity index (χ3n) is 3.91. The Hall–Kier alpha value is 0.354. The molecule has 2 heterocycles. The summed E-state index contributed by atoms with van der Waals surface area (Å²) in [5, 5.41) is 0. The number of rotatable bonds is 1. The van der Waals surface area contributed by atoms with Gasteiger partial charge in [0.2, 0.25) is 0 Å². The lowest BCUT2D eigenvalue weighted by Gasteiger charge is -2.45. The summed E-state index contributed by atoms with van der Waals surface area (Å²) in [7, 11) is -2.18. The summed E-state index contributed by atoms with van der Waals surface area (Å²) in [4.78, 5) is 0. The number of hydrogen-bond donors (Lipinski definition) is 0. The maximum Gasteiger partial charge on any atom is 0.173 e. The Labute approximate surface area is 95.9 Å². The molecule has 2 rings (SSSR count). The SMILES string of the molecule is CC1(C)CO[Si](C)(C)[SiH](C2CCCO2)C1. The van der Waals surface area contributed by atoms with Crippen molar-refractivity contribution in [3.63, 3.8) is 0 Å². The van der Waals surface area contributed by atoms with E-state index in [9.17, 15) is 0 Å². The second-order valence-corrected chi connectivity index (χ2v) is 18.7. The Morgan fingerprint density at radius 1 is 1.33 bits per heavy atom. The van der Waals surface area contributed by atoms with Crippen molar-refractivity contribution in [2.75, 3.05) is 13.2 Å². The van der Waals surface area contributed by atoms with Crippen molar-refractivity contribution in [1.82, 2.24) is 0 Å². The van der Waals surface area contributed by atoms with Crippen molar-refractivity contribution in [3.8, 4) is 0 Å². The molecule has 88 valence electrons. The molecule has 4 heteroatoms. The van der Waals surface area contributed by atoms with Gasteiger partial charge in [-0.05, 0) is 31.4 Å². The maximum absolute atomic E-state index is 6.23. The van der Waals surface area contributed by atoms with Gasteiger partial charge in [0, 0.05) is 18.9 Å². The Bertz CT molecular complexity index is 235. The van der Waals surface area contributed by atoms with Crippen LogP contribution in [0, 0.1) is 5.41 Å². The van der Waals surface area contributed by atoms with Gasteiger partial charge in [0.15, 0.2) is 7.83 Å². The van der Waals surface area contributed by atoms with E-state index in [4.69, 9.17) is 9.16 Å². The molecule has 0 N–H and O–H groups in total. The number of ether oxygens (including phenoxy) is 1. The molecule has 0 amide bonds. The van der Waals surface area contributed by atoms with Crippen LogP contribution in [0.1, 0.15) is 26.7 Å². The van der Waals surface area contributed by atoms with E-state index in [2.05, 4.69) is 26.9 Å². The molecule has 0 saturated carbocycles. The van der Waals surface area contributed by atoms with Gasteiger partial charge in [0.05, 0.1) is 8.31 Å². The van der Waals surface area contributed by atoms with Gasteiger partial charge in [-0.3, -0.25) is 0 Å². The van der Waals surface area contributed by atoms with Crippen LogP contribution >= 0.6 is 0 Å². The van der Waals surface area contributed by atoms with Gasteiger partial charge in [0.1, 0.15) is 0 Å². The number of hydrogen-bond acceptors (Lipinski definition) is 2. The normalized spacial score (nSPS) is 39.2. The first-order chi connectivity index (χ1) is 6.91. The lowest BCUT2D eigenvalue weighted by atomic mass is 9.98. The van der Waals surface area contributed by atoms with Crippen LogP contribution in [-0.4, -0.2) is 35.1 Å². The molecule has 0 aliphatic carbocycles. The first kappa shape index (κ1) is 11.8. The molecule has 15 heavy (non-hydrogen) atoms. The maximum atomic E-state index is 6.23. The fourth-order valence-corrected chi connectivity index (χ4v) is 15.3. The van der Waals surface area contributed by atoms with Crippen LogP contribution in [0.5, 0.6) is 0 Å². The smallest absolute Gasteiger partial charge is 0.173 e. The van der Waals surface area contributed by atoms with Gasteiger partial charge in [-0.1, -0.05) is 19.9 Å². The molecular weight excluding hydrogens is 220 g/mol. The fraction of sp³-hybridized carbons (Fsp3) is 1.00. The molecule has 0 aromatic heterocycles. The molecule has 2 nitrogen and oxygen atoms in total. The van der Waals surface area contributed by atoms with Crippen molar-refractivity contribution in [2.45, 2.75) is 51.6 Å². The minimum atomic E-state index is -1.36. The molecule has 2 aliphatic heterocycles. The van der Waals surface area contributed by atoms with Gasteiger partial charge >= 0.3 is 0 Å². The van der Waals surface area contributed by atoms with Gasteiger partial charge < -0.3 is 9.16 Å². The first-order valence-electron chi connectivity index (χ1n) is 6.16. The zero-order chi connectivity index (χ0) is 11.1. The minimum Gasteiger partial charge on any atom is -0.420 e. The van der Waals surface area contributed by atoms with Crippen LogP contribution < -0.4 is 0 Å². The monoisotopic (exact) mass is 244 g/mol. The summed E-state index contributed by atoms with van der Waals surface area (Å²) in [5.41, 5.74) is 1.04. The Morgan fingerprint density at radius 2 is 2.07 bits per heavy atom. The molecule has 0 bridgehead atoms. The summed E-state index contributed by atoms with van der Waals surface area (Å²) in [6.45, 7) is 11.5. The van der Waals surface area contributed by atoms with Crippen molar-refractivity contribution >= 4 is 16.1 Å². The molecule has 0 aromatic carbocycles. The lowest BCUT2D eigenvalue weighted by Crippen LogP contribution is -2.61. The second kappa shape index (κ2) is 3.98. The molecule has 2 aliphatic rings. The predicted molar refractivity (Wildman–Crippen MR) is 68.1 cm³/mol. The summed E-state index contributed by atoms with van der Waals surface area (Å²) in [5.74, 6) is 0. The van der Waals surface area contributed by atoms with Gasteiger partial charge in [-0.15, -0.1) is 0 Å². The summed E-state index contributed by atoms with van der Waals surface area (Å²) in [6.07, 6.45) is 2.59. The van der Waals surface area contributed by atoms with E-state index in [1.54, 1.807) is 0 Å². The average Bonchev–Trinajstić information content (AvgIpc) is 2.62. The molecule has 2 atom stereocenters. The van der Waals surface area contributed by atoms with Crippen LogP contribution in [0.2, 0.25) is 19.1 Å². The molecule has 0 spiro atoms. The second-order valence-electron chi connectivity index (χ2n) is 6.42. The largest absolute Gasteiger partial charge is 0.420 e. The van der Waals surface area contributed by atoms with Crippen LogP contribution in [0.3, 0.4) is 0 Å². The molecule has 0 radical (unpaired) electrons. The summed E-state index contributed by atoms with van der Waals surface area (Å²) in [6, 6.07) is 1.43. The quantitative estimate of drug-likeness (QED) is 0.659. The van der Waals surface area contributed by atoms with Crippen LogP contribution in [0.25, 0.3) is 0 Å². The average molecular weight is 244 g/mol. The van der Waals surface area contributed by atoms with Crippen molar-refractivity contribution < 1.29 is 9.16 Å². The highest BCUT2D eigenvalue weighted by Crippen LogP contribution is 2.37. The van der Waals surface area contributed by atoms with Crippen molar-refractivity contribution in [1.29, 1.82) is 0 Å². The fourth-order valence-electron chi connectivity index (χ4n) is 2.89. The molecule has 2 fully saturated rings. The summed E-state index contributed by atoms with van der Waals surface area (Å²) < 4.78 is 12.2.